The van der Waals surface area contributed by atoms with Crippen LogP contribution in [0.25, 0.3) is 54.8 Å². The summed E-state index contributed by atoms with van der Waals surface area (Å²) in [5, 5.41) is 3.25. The van der Waals surface area contributed by atoms with Gasteiger partial charge in [0.15, 0.2) is 0 Å². The molecule has 4 nitrogen and oxygen atoms in total. The van der Waals surface area contributed by atoms with Crippen molar-refractivity contribution >= 4 is 43.6 Å². The number of hydrogen-bond donors (Lipinski definition) is 0. The van der Waals surface area contributed by atoms with Crippen molar-refractivity contribution in [3.05, 3.63) is 113 Å². The zero-order valence-electron chi connectivity index (χ0n) is 22.0. The molecular weight excluding hydrogens is 679 g/mol. The minimum atomic E-state index is 0. The SMILES string of the molecule is Cc1ccc2c(n1)oc1c(-c3ccc4cc(C)sc4n3)[c-]ccc12.Cc1cnc(-c2[c-]cccc2)cc1C.[Ir]. The number of fused-ring (bicyclic) bond motifs is 4. The Morgan fingerprint density at radius 3 is 2.44 bits per heavy atom. The van der Waals surface area contributed by atoms with Crippen molar-refractivity contribution in [1.82, 2.24) is 15.0 Å². The second kappa shape index (κ2) is 11.2. The Balaban J connectivity index is 0.000000177. The maximum absolute atomic E-state index is 6.06. The fourth-order valence-electron chi connectivity index (χ4n) is 4.41. The van der Waals surface area contributed by atoms with E-state index in [1.54, 1.807) is 11.3 Å². The molecule has 2 aromatic carbocycles. The predicted molar refractivity (Wildman–Crippen MR) is 156 cm³/mol. The van der Waals surface area contributed by atoms with Gasteiger partial charge in [-0.05, 0) is 62.8 Å². The van der Waals surface area contributed by atoms with Gasteiger partial charge in [-0.1, -0.05) is 34.7 Å². The zero-order chi connectivity index (χ0) is 26.2. The molecule has 0 aliphatic heterocycles. The van der Waals surface area contributed by atoms with Crippen molar-refractivity contribution in [2.45, 2.75) is 27.7 Å². The van der Waals surface area contributed by atoms with Crippen LogP contribution in [0.5, 0.6) is 0 Å². The number of hydrogen-bond acceptors (Lipinski definition) is 5. The number of pyridine rings is 3. The third-order valence-electron chi connectivity index (χ3n) is 6.56. The van der Waals surface area contributed by atoms with Crippen LogP contribution < -0.4 is 0 Å². The summed E-state index contributed by atoms with van der Waals surface area (Å²) in [5.74, 6) is 0. The van der Waals surface area contributed by atoms with Crippen LogP contribution in [0, 0.1) is 39.8 Å². The molecule has 7 aromatic rings. The van der Waals surface area contributed by atoms with E-state index < -0.39 is 0 Å². The number of furan rings is 1. The van der Waals surface area contributed by atoms with Crippen molar-refractivity contribution in [2.75, 3.05) is 0 Å². The van der Waals surface area contributed by atoms with Crippen molar-refractivity contribution in [2.24, 2.45) is 0 Å². The summed E-state index contributed by atoms with van der Waals surface area (Å²) in [6.07, 6.45) is 1.91. The van der Waals surface area contributed by atoms with E-state index in [1.807, 2.05) is 61.7 Å². The monoisotopic (exact) mass is 704 g/mol. The first-order chi connectivity index (χ1) is 18.5. The zero-order valence-corrected chi connectivity index (χ0v) is 25.2. The number of rotatable bonds is 2. The second-order valence-electron chi connectivity index (χ2n) is 9.38. The second-order valence-corrected chi connectivity index (χ2v) is 10.6. The summed E-state index contributed by atoms with van der Waals surface area (Å²) in [4.78, 5) is 16.0. The van der Waals surface area contributed by atoms with E-state index in [0.717, 1.165) is 49.4 Å². The van der Waals surface area contributed by atoms with E-state index in [1.165, 1.54) is 21.4 Å². The van der Waals surface area contributed by atoms with Gasteiger partial charge in [-0.2, -0.15) is 0 Å². The molecule has 0 aliphatic carbocycles. The van der Waals surface area contributed by atoms with E-state index in [9.17, 15) is 0 Å². The quantitative estimate of drug-likeness (QED) is 0.169. The van der Waals surface area contributed by atoms with Crippen molar-refractivity contribution < 1.29 is 24.5 Å². The molecule has 0 spiro atoms. The summed E-state index contributed by atoms with van der Waals surface area (Å²) in [5.41, 5.74) is 8.72. The van der Waals surface area contributed by atoms with Crippen molar-refractivity contribution in [1.29, 1.82) is 0 Å². The molecule has 7 rings (SSSR count). The first kappa shape index (κ1) is 26.9. The van der Waals surface area contributed by atoms with E-state index >= 15 is 0 Å². The number of benzene rings is 2. The maximum Gasteiger partial charge on any atom is 0.216 e. The number of nitrogens with zero attached hydrogens (tertiary/aromatic N) is 3. The molecule has 1 radical (unpaired) electrons. The predicted octanol–water partition coefficient (Wildman–Crippen LogP) is 8.84. The molecule has 39 heavy (non-hydrogen) atoms. The van der Waals surface area contributed by atoms with Crippen LogP contribution in [0.15, 0.2) is 83.4 Å². The van der Waals surface area contributed by atoms with Crippen LogP contribution in [0.4, 0.5) is 0 Å². The minimum absolute atomic E-state index is 0. The average Bonchev–Trinajstić information content (AvgIpc) is 3.49. The number of thiophene rings is 1. The largest absolute Gasteiger partial charge is 0.486 e. The standard InChI is InChI=1S/C20H13N2OS.C13H12N.Ir/c1-11-6-8-15-14-4-3-5-16(18(14)23-19(15)21-11)17-9-7-13-10-12(2)24-20(13)22-17;1-10-8-13(14-9-11(10)2)12-6-4-3-5-7-12;/h3-4,6-10H,1-2H3;3-6,8-9H,1-2H3;/q2*-1;. The molecule has 0 amide bonds. The average molecular weight is 704 g/mol. The van der Waals surface area contributed by atoms with Gasteiger partial charge in [-0.3, -0.25) is 4.98 Å². The van der Waals surface area contributed by atoms with Gasteiger partial charge < -0.3 is 9.40 Å². The van der Waals surface area contributed by atoms with E-state index in [-0.39, 0.29) is 20.1 Å². The summed E-state index contributed by atoms with van der Waals surface area (Å²) in [6, 6.07) is 30.8. The number of aryl methyl sites for hydroxylation is 4. The van der Waals surface area contributed by atoms with Crippen molar-refractivity contribution in [3.63, 3.8) is 0 Å². The topological polar surface area (TPSA) is 51.8 Å². The Hall–Kier alpha value is -3.70. The van der Waals surface area contributed by atoms with E-state index in [2.05, 4.69) is 67.1 Å². The molecule has 5 heterocycles. The Morgan fingerprint density at radius 2 is 1.64 bits per heavy atom. The molecule has 0 N–H and O–H groups in total. The minimum Gasteiger partial charge on any atom is -0.486 e. The van der Waals surface area contributed by atoms with E-state index in [4.69, 9.17) is 9.40 Å². The smallest absolute Gasteiger partial charge is 0.216 e. The fourth-order valence-corrected chi connectivity index (χ4v) is 5.29. The normalized spacial score (nSPS) is 10.9. The van der Waals surface area contributed by atoms with Gasteiger partial charge in [0.2, 0.25) is 5.71 Å². The molecule has 0 aliphatic rings. The van der Waals surface area contributed by atoms with Crippen molar-refractivity contribution in [3.8, 4) is 22.5 Å². The summed E-state index contributed by atoms with van der Waals surface area (Å²) < 4.78 is 6.06. The Morgan fingerprint density at radius 1 is 0.769 bits per heavy atom. The van der Waals surface area contributed by atoms with Crippen LogP contribution in [0.3, 0.4) is 0 Å². The third kappa shape index (κ3) is 5.41. The van der Waals surface area contributed by atoms with Gasteiger partial charge in [-0.15, -0.1) is 65.4 Å². The Labute approximate surface area is 245 Å². The van der Waals surface area contributed by atoms with Crippen LogP contribution in [0.1, 0.15) is 21.7 Å². The molecule has 0 fully saturated rings. The first-order valence-electron chi connectivity index (χ1n) is 12.4. The molecule has 0 saturated carbocycles. The molecule has 0 bridgehead atoms. The van der Waals surface area contributed by atoms with E-state index in [0.29, 0.717) is 5.71 Å². The van der Waals surface area contributed by atoms with Gasteiger partial charge >= 0.3 is 0 Å². The molecule has 0 atom stereocenters. The summed E-state index contributed by atoms with van der Waals surface area (Å²) in [7, 11) is 0. The molecule has 0 saturated heterocycles. The first-order valence-corrected chi connectivity index (χ1v) is 13.3. The maximum atomic E-state index is 6.06. The number of aromatic nitrogens is 3. The Bertz CT molecular complexity index is 1920. The molecule has 195 valence electrons. The van der Waals surface area contributed by atoms with Gasteiger partial charge in [-0.25, -0.2) is 4.98 Å². The third-order valence-corrected chi connectivity index (χ3v) is 7.52. The van der Waals surface area contributed by atoms with Gasteiger partial charge in [0.25, 0.3) is 0 Å². The summed E-state index contributed by atoms with van der Waals surface area (Å²) in [6.45, 7) is 8.24. The molecular formula is C33H25IrN3OS-2. The molecule has 6 heteroatoms. The Kier molecular flexibility index (Phi) is 7.71. The van der Waals surface area contributed by atoms with Crippen LogP contribution in [0.2, 0.25) is 0 Å². The fraction of sp³-hybridized carbons (Fsp3) is 0.121. The van der Waals surface area contributed by atoms with Crippen LogP contribution in [-0.4, -0.2) is 15.0 Å². The van der Waals surface area contributed by atoms with Crippen LogP contribution in [-0.2, 0) is 20.1 Å². The molecule has 5 aromatic heterocycles. The molecule has 0 unspecified atom stereocenters. The van der Waals surface area contributed by atoms with Gasteiger partial charge in [0.05, 0.1) is 5.58 Å². The summed E-state index contributed by atoms with van der Waals surface area (Å²) >= 11 is 1.71. The van der Waals surface area contributed by atoms with Crippen LogP contribution >= 0.6 is 11.3 Å². The van der Waals surface area contributed by atoms with Gasteiger partial charge in [0.1, 0.15) is 4.83 Å². The van der Waals surface area contributed by atoms with Gasteiger partial charge in [0, 0.05) is 47.6 Å².